The molecule has 0 spiro atoms. The van der Waals surface area contributed by atoms with Crippen molar-refractivity contribution in [2.24, 2.45) is 0 Å². The fraction of sp³-hybridized carbons (Fsp3) is 0.0667. The van der Waals surface area contributed by atoms with E-state index in [1.807, 2.05) is 6.07 Å². The minimum Gasteiger partial charge on any atom is -0.343 e. The molecule has 0 bridgehead atoms. The number of carbonyl (C=O) groups excluding carboxylic acids is 2. The van der Waals surface area contributed by atoms with Gasteiger partial charge in [-0.1, -0.05) is 33.6 Å². The first-order valence-corrected chi connectivity index (χ1v) is 7.31. The van der Waals surface area contributed by atoms with Crippen molar-refractivity contribution in [2.45, 2.75) is 0 Å². The molecule has 0 saturated heterocycles. The highest BCUT2D eigenvalue weighted by Crippen LogP contribution is 2.13. The average Bonchev–Trinajstić information content (AvgIpc) is 2.47. The summed E-state index contributed by atoms with van der Waals surface area (Å²) in [6, 6.07) is 13.7. The fourth-order valence-electron chi connectivity index (χ4n) is 1.63. The van der Waals surface area contributed by atoms with E-state index in [2.05, 4.69) is 26.6 Å². The molecule has 0 aliphatic rings. The zero-order chi connectivity index (χ0) is 15.2. The van der Waals surface area contributed by atoms with E-state index in [9.17, 15) is 9.59 Å². The molecule has 0 heterocycles. The van der Waals surface area contributed by atoms with Crippen molar-refractivity contribution < 1.29 is 9.59 Å². The Kier molecular flexibility index (Phi) is 5.36. The molecule has 0 aliphatic heterocycles. The number of benzene rings is 2. The van der Waals surface area contributed by atoms with Crippen molar-refractivity contribution in [3.63, 3.8) is 0 Å². The SMILES string of the molecule is O=C(CNC(=O)c1cccc(Br)c1)Nc1ccc(Cl)cc1. The van der Waals surface area contributed by atoms with Crippen molar-refractivity contribution in [1.82, 2.24) is 5.32 Å². The third-order valence-corrected chi connectivity index (χ3v) is 3.37. The average molecular weight is 368 g/mol. The zero-order valence-corrected chi connectivity index (χ0v) is 13.2. The van der Waals surface area contributed by atoms with Gasteiger partial charge in [-0.05, 0) is 42.5 Å². The molecule has 4 nitrogen and oxygen atoms in total. The molecule has 2 aromatic rings. The summed E-state index contributed by atoms with van der Waals surface area (Å²) >= 11 is 9.05. The minimum absolute atomic E-state index is 0.103. The number of amides is 2. The molecular weight excluding hydrogens is 356 g/mol. The predicted octanol–water partition coefficient (Wildman–Crippen LogP) is 3.47. The van der Waals surface area contributed by atoms with Crippen LogP contribution in [0.5, 0.6) is 0 Å². The lowest BCUT2D eigenvalue weighted by molar-refractivity contribution is -0.115. The summed E-state index contributed by atoms with van der Waals surface area (Å²) in [7, 11) is 0. The van der Waals surface area contributed by atoms with Crippen LogP contribution < -0.4 is 10.6 Å². The molecule has 0 radical (unpaired) electrons. The molecule has 2 amide bonds. The number of anilines is 1. The molecule has 0 unspecified atom stereocenters. The topological polar surface area (TPSA) is 58.2 Å². The van der Waals surface area contributed by atoms with Crippen LogP contribution in [0.2, 0.25) is 5.02 Å². The van der Waals surface area contributed by atoms with Crippen LogP contribution in [0.1, 0.15) is 10.4 Å². The lowest BCUT2D eigenvalue weighted by atomic mass is 10.2. The molecular formula is C15H12BrClN2O2. The third-order valence-electron chi connectivity index (χ3n) is 2.62. The molecule has 0 aliphatic carbocycles. The van der Waals surface area contributed by atoms with Crippen molar-refractivity contribution in [1.29, 1.82) is 0 Å². The second kappa shape index (κ2) is 7.24. The van der Waals surface area contributed by atoms with Gasteiger partial charge in [-0.25, -0.2) is 0 Å². The van der Waals surface area contributed by atoms with E-state index < -0.39 is 0 Å². The van der Waals surface area contributed by atoms with Gasteiger partial charge in [-0.15, -0.1) is 0 Å². The van der Waals surface area contributed by atoms with Crippen LogP contribution >= 0.6 is 27.5 Å². The smallest absolute Gasteiger partial charge is 0.251 e. The number of hydrogen-bond acceptors (Lipinski definition) is 2. The maximum Gasteiger partial charge on any atom is 0.251 e. The first kappa shape index (κ1) is 15.5. The van der Waals surface area contributed by atoms with Crippen molar-refractivity contribution in [3.05, 3.63) is 63.6 Å². The van der Waals surface area contributed by atoms with Gasteiger partial charge < -0.3 is 10.6 Å². The molecule has 2 aromatic carbocycles. The number of hydrogen-bond donors (Lipinski definition) is 2. The van der Waals surface area contributed by atoms with Gasteiger partial charge in [0.1, 0.15) is 0 Å². The molecule has 6 heteroatoms. The minimum atomic E-state index is -0.305. The zero-order valence-electron chi connectivity index (χ0n) is 10.9. The summed E-state index contributed by atoms with van der Waals surface area (Å²) in [6.45, 7) is -0.103. The van der Waals surface area contributed by atoms with Crippen molar-refractivity contribution in [3.8, 4) is 0 Å². The molecule has 0 saturated carbocycles. The van der Waals surface area contributed by atoms with Crippen molar-refractivity contribution in [2.75, 3.05) is 11.9 Å². The third kappa shape index (κ3) is 4.88. The molecule has 2 rings (SSSR count). The highest BCUT2D eigenvalue weighted by molar-refractivity contribution is 9.10. The van der Waals surface area contributed by atoms with Crippen LogP contribution in [0.4, 0.5) is 5.69 Å². The van der Waals surface area contributed by atoms with Gasteiger partial charge in [-0.3, -0.25) is 9.59 Å². The molecule has 0 aromatic heterocycles. The highest BCUT2D eigenvalue weighted by atomic mass is 79.9. The van der Waals surface area contributed by atoms with Crippen LogP contribution in [0.25, 0.3) is 0 Å². The van der Waals surface area contributed by atoms with Gasteiger partial charge in [0.15, 0.2) is 0 Å². The van der Waals surface area contributed by atoms with Gasteiger partial charge in [0.05, 0.1) is 6.54 Å². The molecule has 0 fully saturated rings. The summed E-state index contributed by atoms with van der Waals surface area (Å²) in [4.78, 5) is 23.6. The normalized spacial score (nSPS) is 10.0. The van der Waals surface area contributed by atoms with E-state index in [1.165, 1.54) is 0 Å². The summed E-state index contributed by atoms with van der Waals surface area (Å²) < 4.78 is 0.806. The lowest BCUT2D eigenvalue weighted by Crippen LogP contribution is -2.32. The van der Waals surface area contributed by atoms with Crippen molar-refractivity contribution >= 4 is 45.0 Å². The Morgan fingerprint density at radius 1 is 1.10 bits per heavy atom. The monoisotopic (exact) mass is 366 g/mol. The predicted molar refractivity (Wildman–Crippen MR) is 86.6 cm³/mol. The van der Waals surface area contributed by atoms with Crippen LogP contribution in [-0.4, -0.2) is 18.4 Å². The second-order valence-corrected chi connectivity index (χ2v) is 5.60. The number of halogens is 2. The Bertz CT molecular complexity index is 659. The largest absolute Gasteiger partial charge is 0.343 e. The maximum atomic E-state index is 11.9. The number of nitrogens with one attached hydrogen (secondary N) is 2. The van der Waals surface area contributed by atoms with Gasteiger partial charge in [0.2, 0.25) is 5.91 Å². The van der Waals surface area contributed by atoms with E-state index in [-0.39, 0.29) is 18.4 Å². The highest BCUT2D eigenvalue weighted by Gasteiger charge is 2.08. The Morgan fingerprint density at radius 3 is 2.48 bits per heavy atom. The Labute approximate surface area is 135 Å². The fourth-order valence-corrected chi connectivity index (χ4v) is 2.16. The van der Waals surface area contributed by atoms with E-state index in [4.69, 9.17) is 11.6 Å². The van der Waals surface area contributed by atoms with Gasteiger partial charge in [0, 0.05) is 20.7 Å². The van der Waals surface area contributed by atoms with E-state index in [0.29, 0.717) is 16.3 Å². The Morgan fingerprint density at radius 2 is 1.81 bits per heavy atom. The summed E-state index contributed by atoms with van der Waals surface area (Å²) in [5.74, 6) is -0.608. The standard InChI is InChI=1S/C15H12BrClN2O2/c16-11-3-1-2-10(8-11)15(21)18-9-14(20)19-13-6-4-12(17)5-7-13/h1-8H,9H2,(H,18,21)(H,19,20). The summed E-state index contributed by atoms with van der Waals surface area (Å²) in [5.41, 5.74) is 1.12. The number of carbonyl (C=O) groups is 2. The number of rotatable bonds is 4. The van der Waals surface area contributed by atoms with Gasteiger partial charge in [0.25, 0.3) is 5.91 Å². The Balaban J connectivity index is 1.86. The first-order valence-electron chi connectivity index (χ1n) is 6.14. The van der Waals surface area contributed by atoms with Crippen LogP contribution in [0, 0.1) is 0 Å². The van der Waals surface area contributed by atoms with Crippen LogP contribution in [0.3, 0.4) is 0 Å². The molecule has 0 atom stereocenters. The van der Waals surface area contributed by atoms with E-state index >= 15 is 0 Å². The van der Waals surface area contributed by atoms with E-state index in [0.717, 1.165) is 4.47 Å². The Hall–Kier alpha value is -1.85. The second-order valence-electron chi connectivity index (χ2n) is 4.25. The maximum absolute atomic E-state index is 11.9. The summed E-state index contributed by atoms with van der Waals surface area (Å²) in [5, 5.41) is 5.82. The van der Waals surface area contributed by atoms with Crippen LogP contribution in [0.15, 0.2) is 53.0 Å². The van der Waals surface area contributed by atoms with E-state index in [1.54, 1.807) is 42.5 Å². The van der Waals surface area contributed by atoms with Gasteiger partial charge >= 0.3 is 0 Å². The summed E-state index contributed by atoms with van der Waals surface area (Å²) in [6.07, 6.45) is 0. The molecule has 21 heavy (non-hydrogen) atoms. The first-order chi connectivity index (χ1) is 10.0. The van der Waals surface area contributed by atoms with Gasteiger partial charge in [-0.2, -0.15) is 0 Å². The molecule has 2 N–H and O–H groups in total. The van der Waals surface area contributed by atoms with Crippen LogP contribution in [-0.2, 0) is 4.79 Å². The molecule has 108 valence electrons. The lowest BCUT2D eigenvalue weighted by Gasteiger charge is -2.07. The quantitative estimate of drug-likeness (QED) is 0.869.